The number of ether oxygens (including phenoxy) is 2. The van der Waals surface area contributed by atoms with Crippen molar-refractivity contribution in [2.24, 2.45) is 5.92 Å². The monoisotopic (exact) mass is 263 g/mol. The molecule has 2 atom stereocenters. The number of benzene rings is 1. The van der Waals surface area contributed by atoms with Gasteiger partial charge in [-0.2, -0.15) is 0 Å². The quantitative estimate of drug-likeness (QED) is 0.816. The summed E-state index contributed by atoms with van der Waals surface area (Å²) in [6.45, 7) is 9.02. The minimum absolute atomic E-state index is 0.327. The molecule has 0 bridgehead atoms. The minimum Gasteiger partial charge on any atom is -0.493 e. The van der Waals surface area contributed by atoms with Crippen LogP contribution in [0.3, 0.4) is 0 Å². The van der Waals surface area contributed by atoms with E-state index in [1.165, 1.54) is 18.4 Å². The first-order chi connectivity index (χ1) is 9.24. The summed E-state index contributed by atoms with van der Waals surface area (Å²) >= 11 is 0. The van der Waals surface area contributed by atoms with Crippen molar-refractivity contribution in [3.63, 3.8) is 0 Å². The van der Waals surface area contributed by atoms with E-state index in [-0.39, 0.29) is 0 Å². The van der Waals surface area contributed by atoms with Gasteiger partial charge in [0, 0.05) is 11.6 Å². The molecule has 1 heterocycles. The van der Waals surface area contributed by atoms with Gasteiger partial charge in [-0.3, -0.25) is 0 Å². The van der Waals surface area contributed by atoms with Gasteiger partial charge in [0.2, 0.25) is 0 Å². The summed E-state index contributed by atoms with van der Waals surface area (Å²) in [5, 5.41) is 3.42. The van der Waals surface area contributed by atoms with Crippen LogP contribution in [0.2, 0.25) is 0 Å². The van der Waals surface area contributed by atoms with Crippen LogP contribution in [-0.4, -0.2) is 19.8 Å². The Bertz CT molecular complexity index is 406. The van der Waals surface area contributed by atoms with E-state index in [1.54, 1.807) is 0 Å². The summed E-state index contributed by atoms with van der Waals surface area (Å²) in [4.78, 5) is 0. The Kier molecular flexibility index (Phi) is 5.08. The highest BCUT2D eigenvalue weighted by molar-refractivity contribution is 5.45. The summed E-state index contributed by atoms with van der Waals surface area (Å²) in [5.74, 6) is 2.49. The van der Waals surface area contributed by atoms with Crippen LogP contribution < -0.4 is 14.8 Å². The van der Waals surface area contributed by atoms with Gasteiger partial charge >= 0.3 is 0 Å². The average Bonchev–Trinajstić information content (AvgIpc) is 2.80. The molecule has 0 saturated carbocycles. The number of fused-ring (bicyclic) bond motifs is 1. The lowest BCUT2D eigenvalue weighted by atomic mass is 10.1. The van der Waals surface area contributed by atoms with E-state index in [0.717, 1.165) is 31.3 Å². The Morgan fingerprint density at radius 1 is 1.42 bits per heavy atom. The molecule has 0 aromatic heterocycles. The highest BCUT2D eigenvalue weighted by Gasteiger charge is 2.23. The van der Waals surface area contributed by atoms with Crippen LogP contribution in [0.4, 0.5) is 0 Å². The van der Waals surface area contributed by atoms with Gasteiger partial charge in [0.25, 0.3) is 0 Å². The van der Waals surface area contributed by atoms with Crippen molar-refractivity contribution in [2.75, 3.05) is 19.8 Å². The average molecular weight is 263 g/mol. The van der Waals surface area contributed by atoms with E-state index in [9.17, 15) is 0 Å². The molecule has 1 aliphatic heterocycles. The number of hydrogen-bond acceptors (Lipinski definition) is 3. The van der Waals surface area contributed by atoms with Crippen molar-refractivity contribution in [2.45, 2.75) is 39.7 Å². The Hall–Kier alpha value is -1.22. The van der Waals surface area contributed by atoms with Gasteiger partial charge in [-0.15, -0.1) is 0 Å². The lowest BCUT2D eigenvalue weighted by Crippen LogP contribution is -2.21. The second-order valence-electron chi connectivity index (χ2n) is 5.33. The molecule has 1 N–H and O–H groups in total. The molecular formula is C16H25NO2. The number of likely N-dealkylation sites (N-methyl/N-ethyl adjacent to an activating group) is 1. The third-order valence-electron chi connectivity index (χ3n) is 3.53. The molecule has 0 spiro atoms. The fourth-order valence-electron chi connectivity index (χ4n) is 2.51. The molecule has 1 aliphatic rings. The molecule has 1 aromatic carbocycles. The Morgan fingerprint density at radius 2 is 2.26 bits per heavy atom. The predicted molar refractivity (Wildman–Crippen MR) is 77.9 cm³/mol. The van der Waals surface area contributed by atoms with Crippen molar-refractivity contribution >= 4 is 0 Å². The van der Waals surface area contributed by atoms with Crippen LogP contribution in [0.5, 0.6) is 11.5 Å². The third kappa shape index (κ3) is 3.63. The molecule has 1 aromatic rings. The third-order valence-corrected chi connectivity index (χ3v) is 3.53. The van der Waals surface area contributed by atoms with Crippen molar-refractivity contribution in [3.05, 3.63) is 23.8 Å². The smallest absolute Gasteiger partial charge is 0.127 e. The van der Waals surface area contributed by atoms with Crippen molar-refractivity contribution < 1.29 is 9.47 Å². The zero-order valence-electron chi connectivity index (χ0n) is 12.2. The number of hydrogen-bond donors (Lipinski definition) is 1. The van der Waals surface area contributed by atoms with Crippen LogP contribution in [0.25, 0.3) is 0 Å². The molecule has 0 saturated heterocycles. The summed E-state index contributed by atoms with van der Waals surface area (Å²) in [6, 6.07) is 6.52. The molecular weight excluding hydrogens is 238 g/mol. The lowest BCUT2D eigenvalue weighted by Gasteiger charge is -2.13. The second-order valence-corrected chi connectivity index (χ2v) is 5.33. The van der Waals surface area contributed by atoms with Crippen LogP contribution in [0, 0.1) is 5.92 Å². The van der Waals surface area contributed by atoms with Gasteiger partial charge < -0.3 is 14.8 Å². The molecule has 3 nitrogen and oxygen atoms in total. The first kappa shape index (κ1) is 14.2. The van der Waals surface area contributed by atoms with Crippen LogP contribution >= 0.6 is 0 Å². The second kappa shape index (κ2) is 6.80. The Morgan fingerprint density at radius 3 is 3.00 bits per heavy atom. The van der Waals surface area contributed by atoms with Gasteiger partial charge in [0.05, 0.1) is 12.6 Å². The maximum absolute atomic E-state index is 5.84. The highest BCUT2D eigenvalue weighted by Crippen LogP contribution is 2.35. The van der Waals surface area contributed by atoms with E-state index in [4.69, 9.17) is 9.47 Å². The summed E-state index contributed by atoms with van der Waals surface area (Å²) < 4.78 is 11.6. The van der Waals surface area contributed by atoms with Gasteiger partial charge in [-0.25, -0.2) is 0 Å². The minimum atomic E-state index is 0.327. The van der Waals surface area contributed by atoms with E-state index >= 15 is 0 Å². The number of nitrogens with one attached hydrogen (secondary N) is 1. The molecule has 2 rings (SSSR count). The summed E-state index contributed by atoms with van der Waals surface area (Å²) in [5.41, 5.74) is 1.25. The number of rotatable bonds is 7. The zero-order valence-corrected chi connectivity index (χ0v) is 12.2. The lowest BCUT2D eigenvalue weighted by molar-refractivity contribution is 0.250. The van der Waals surface area contributed by atoms with Crippen LogP contribution in [-0.2, 0) is 0 Å². The van der Waals surface area contributed by atoms with E-state index in [0.29, 0.717) is 12.0 Å². The topological polar surface area (TPSA) is 30.5 Å². The normalized spacial score (nSPS) is 18.8. The van der Waals surface area contributed by atoms with Gasteiger partial charge in [0.15, 0.2) is 0 Å². The molecule has 0 radical (unpaired) electrons. The first-order valence-corrected chi connectivity index (χ1v) is 7.37. The van der Waals surface area contributed by atoms with Crippen LogP contribution in [0.1, 0.15) is 45.2 Å². The van der Waals surface area contributed by atoms with E-state index in [1.807, 2.05) is 6.07 Å². The summed E-state index contributed by atoms with van der Waals surface area (Å²) in [7, 11) is 0. The van der Waals surface area contributed by atoms with Crippen molar-refractivity contribution in [1.29, 1.82) is 0 Å². The predicted octanol–water partition coefficient (Wildman–Crippen LogP) is 3.54. The molecule has 0 aliphatic carbocycles. The first-order valence-electron chi connectivity index (χ1n) is 7.37. The Labute approximate surface area is 116 Å². The maximum Gasteiger partial charge on any atom is 0.127 e. The molecule has 0 fully saturated rings. The zero-order chi connectivity index (χ0) is 13.7. The molecule has 0 amide bonds. The molecule has 2 unspecified atom stereocenters. The maximum atomic E-state index is 5.84. The molecule has 19 heavy (non-hydrogen) atoms. The van der Waals surface area contributed by atoms with Gasteiger partial charge in [-0.05, 0) is 31.0 Å². The fourth-order valence-corrected chi connectivity index (χ4v) is 2.51. The highest BCUT2D eigenvalue weighted by atomic mass is 16.5. The van der Waals surface area contributed by atoms with Gasteiger partial charge in [-0.1, -0.05) is 27.2 Å². The van der Waals surface area contributed by atoms with E-state index in [2.05, 4.69) is 38.2 Å². The SMILES string of the molecule is CCCC(C)COc1ccc2c(c1)OCC2NCC. The van der Waals surface area contributed by atoms with Crippen LogP contribution in [0.15, 0.2) is 18.2 Å². The fraction of sp³-hybridized carbons (Fsp3) is 0.625. The summed E-state index contributed by atoms with van der Waals surface area (Å²) in [6.07, 6.45) is 2.42. The molecule has 106 valence electrons. The largest absolute Gasteiger partial charge is 0.493 e. The van der Waals surface area contributed by atoms with Crippen molar-refractivity contribution in [3.8, 4) is 11.5 Å². The Balaban J connectivity index is 1.95. The standard InChI is InChI=1S/C16H25NO2/c1-4-6-12(3)10-18-13-7-8-14-15(17-5-2)11-19-16(14)9-13/h7-9,12,15,17H,4-6,10-11H2,1-3H3. The van der Waals surface area contributed by atoms with Crippen molar-refractivity contribution in [1.82, 2.24) is 5.32 Å². The molecule has 3 heteroatoms. The van der Waals surface area contributed by atoms with Gasteiger partial charge in [0.1, 0.15) is 18.1 Å². The van der Waals surface area contributed by atoms with E-state index < -0.39 is 0 Å².